The lowest BCUT2D eigenvalue weighted by Crippen LogP contribution is -2.55. The molecule has 2 heterocycles. The molecule has 1 aliphatic heterocycles. The minimum atomic E-state index is -3.58. The Morgan fingerprint density at radius 3 is 2.59 bits per heavy atom. The van der Waals surface area contributed by atoms with Crippen LogP contribution in [-0.4, -0.2) is 43.4 Å². The minimum Gasteiger partial charge on any atom is -0.317 e. The summed E-state index contributed by atoms with van der Waals surface area (Å²) in [7, 11) is -3.58. The third-order valence-electron chi connectivity index (χ3n) is 4.71. The molecule has 2 aromatic rings. The molecule has 6 nitrogen and oxygen atoms in total. The van der Waals surface area contributed by atoms with E-state index in [0.29, 0.717) is 29.5 Å². The van der Waals surface area contributed by atoms with Gasteiger partial charge in [0.05, 0.1) is 5.69 Å². The largest absolute Gasteiger partial charge is 0.317 e. The molecule has 0 saturated carbocycles. The first-order valence-electron chi connectivity index (χ1n) is 8.17. The van der Waals surface area contributed by atoms with E-state index >= 15 is 0 Å². The number of hydrogen-bond acceptors (Lipinski definition) is 6. The van der Waals surface area contributed by atoms with Gasteiger partial charge in [0.15, 0.2) is 19.7 Å². The number of carbonyl (C=O) groups excluding carboxylic acids is 1. The van der Waals surface area contributed by atoms with Gasteiger partial charge >= 0.3 is 0 Å². The Hall–Kier alpha value is -1.55. The Morgan fingerprint density at radius 1 is 1.33 bits per heavy atom. The Morgan fingerprint density at radius 2 is 2.00 bits per heavy atom. The number of sulfone groups is 1. The molecule has 3 rings (SSSR count). The second-order valence-electron chi connectivity index (χ2n) is 6.47. The van der Waals surface area contributed by atoms with E-state index in [0.717, 1.165) is 11.8 Å². The van der Waals surface area contributed by atoms with Crippen molar-refractivity contribution in [2.24, 2.45) is 0 Å². The average molecular weight is 434 g/mol. The monoisotopic (exact) mass is 433 g/mol. The highest BCUT2D eigenvalue weighted by Gasteiger charge is 2.48. The summed E-state index contributed by atoms with van der Waals surface area (Å²) in [5.41, 5.74) is 1.85. The number of aryl methyl sites for hydroxylation is 1. The third-order valence-corrected chi connectivity index (χ3v) is 7.48. The van der Waals surface area contributed by atoms with Crippen LogP contribution >= 0.6 is 23.7 Å². The van der Waals surface area contributed by atoms with Gasteiger partial charge in [0.25, 0.3) is 0 Å². The predicted octanol–water partition coefficient (Wildman–Crippen LogP) is 2.78. The quantitative estimate of drug-likeness (QED) is 0.774. The van der Waals surface area contributed by atoms with Crippen LogP contribution in [0, 0.1) is 12.7 Å². The Bertz CT molecular complexity index is 941. The first-order valence-corrected chi connectivity index (χ1v) is 10.9. The summed E-state index contributed by atoms with van der Waals surface area (Å²) >= 11 is 1.21. The number of thiazole rings is 1. The van der Waals surface area contributed by atoms with Crippen LogP contribution in [0.4, 0.5) is 9.52 Å². The molecule has 0 atom stereocenters. The van der Waals surface area contributed by atoms with Crippen molar-refractivity contribution in [2.75, 3.05) is 24.7 Å². The van der Waals surface area contributed by atoms with Crippen LogP contribution in [0.5, 0.6) is 0 Å². The summed E-state index contributed by atoms with van der Waals surface area (Å²) in [5, 5.41) is 7.82. The lowest BCUT2D eigenvalue weighted by molar-refractivity contribution is -0.119. The molecule has 148 valence electrons. The summed E-state index contributed by atoms with van der Waals surface area (Å²) in [6.45, 7) is 2.61. The fraction of sp³-hybridized carbons (Fsp3) is 0.412. The normalized spacial score (nSPS) is 16.4. The van der Waals surface area contributed by atoms with Gasteiger partial charge in [-0.05, 0) is 56.6 Å². The predicted molar refractivity (Wildman–Crippen MR) is 108 cm³/mol. The maximum absolute atomic E-state index is 13.4. The van der Waals surface area contributed by atoms with E-state index in [4.69, 9.17) is 0 Å². The molecule has 1 saturated heterocycles. The lowest BCUT2D eigenvalue weighted by Gasteiger charge is -2.33. The fourth-order valence-electron chi connectivity index (χ4n) is 3.08. The Labute approximate surface area is 167 Å². The van der Waals surface area contributed by atoms with Gasteiger partial charge < -0.3 is 10.6 Å². The molecule has 10 heteroatoms. The second kappa shape index (κ2) is 8.22. The van der Waals surface area contributed by atoms with E-state index in [1.165, 1.54) is 17.4 Å². The van der Waals surface area contributed by atoms with Crippen molar-refractivity contribution in [3.05, 3.63) is 35.0 Å². The second-order valence-corrected chi connectivity index (χ2v) is 9.66. The molecule has 0 bridgehead atoms. The zero-order valence-electron chi connectivity index (χ0n) is 14.9. The number of nitrogens with zero attached hydrogens (tertiary/aromatic N) is 1. The number of benzene rings is 1. The van der Waals surface area contributed by atoms with Crippen LogP contribution in [0.2, 0.25) is 0 Å². The highest BCUT2D eigenvalue weighted by molar-refractivity contribution is 7.92. The van der Waals surface area contributed by atoms with E-state index in [2.05, 4.69) is 15.6 Å². The topological polar surface area (TPSA) is 88.2 Å². The van der Waals surface area contributed by atoms with Gasteiger partial charge in [-0.25, -0.2) is 17.8 Å². The highest BCUT2D eigenvalue weighted by atomic mass is 35.5. The van der Waals surface area contributed by atoms with Crippen molar-refractivity contribution in [1.82, 2.24) is 10.3 Å². The molecule has 0 unspecified atom stereocenters. The number of aromatic nitrogens is 1. The standard InChI is InChI=1S/C17H20FN3O3S2.ClH/c1-11-9-12(3-4-13(11)18)14-10-25-16(20-14)21-15(22)17(26(2,23)24)5-7-19-8-6-17;/h3-4,9-10,19H,5-8H2,1-2H3,(H,20,21,22);1H. The Balaban J connectivity index is 0.00000261. The number of amides is 1. The van der Waals surface area contributed by atoms with Crippen molar-refractivity contribution < 1.29 is 17.6 Å². The molecule has 1 aliphatic rings. The summed E-state index contributed by atoms with van der Waals surface area (Å²) in [5.74, 6) is -0.837. The van der Waals surface area contributed by atoms with Crippen LogP contribution in [0.1, 0.15) is 18.4 Å². The summed E-state index contributed by atoms with van der Waals surface area (Å²) in [6.07, 6.45) is 1.56. The molecular weight excluding hydrogens is 413 g/mol. The van der Waals surface area contributed by atoms with E-state index < -0.39 is 20.5 Å². The number of anilines is 1. The maximum Gasteiger partial charge on any atom is 0.247 e. The van der Waals surface area contributed by atoms with Crippen LogP contribution < -0.4 is 10.6 Å². The smallest absolute Gasteiger partial charge is 0.247 e. The van der Waals surface area contributed by atoms with E-state index in [-0.39, 0.29) is 31.1 Å². The van der Waals surface area contributed by atoms with E-state index in [9.17, 15) is 17.6 Å². The summed E-state index contributed by atoms with van der Waals surface area (Å²) in [6, 6.07) is 4.67. The number of halogens is 2. The van der Waals surface area contributed by atoms with Gasteiger partial charge in [0, 0.05) is 17.2 Å². The molecule has 1 aromatic carbocycles. The van der Waals surface area contributed by atoms with Crippen molar-refractivity contribution in [2.45, 2.75) is 24.5 Å². The van der Waals surface area contributed by atoms with E-state index in [1.54, 1.807) is 24.4 Å². The average Bonchev–Trinajstić information content (AvgIpc) is 3.05. The number of piperidine rings is 1. The molecular formula is C17H21ClFN3O3S2. The molecule has 0 radical (unpaired) electrons. The zero-order chi connectivity index (χ0) is 18.9. The number of hydrogen-bond donors (Lipinski definition) is 2. The number of carbonyl (C=O) groups is 1. The van der Waals surface area contributed by atoms with Crippen LogP contribution in [-0.2, 0) is 14.6 Å². The van der Waals surface area contributed by atoms with Crippen molar-refractivity contribution >= 4 is 44.6 Å². The molecule has 2 N–H and O–H groups in total. The third kappa shape index (κ3) is 4.31. The number of nitrogens with one attached hydrogen (secondary N) is 2. The van der Waals surface area contributed by atoms with Crippen LogP contribution in [0.3, 0.4) is 0 Å². The van der Waals surface area contributed by atoms with Gasteiger partial charge in [-0.1, -0.05) is 0 Å². The maximum atomic E-state index is 13.4. The first-order chi connectivity index (χ1) is 12.2. The number of rotatable bonds is 4. The zero-order valence-corrected chi connectivity index (χ0v) is 17.4. The van der Waals surface area contributed by atoms with Gasteiger partial charge in [-0.15, -0.1) is 23.7 Å². The molecule has 0 aliphatic carbocycles. The van der Waals surface area contributed by atoms with Gasteiger partial charge in [-0.3, -0.25) is 4.79 Å². The van der Waals surface area contributed by atoms with Gasteiger partial charge in [-0.2, -0.15) is 0 Å². The summed E-state index contributed by atoms with van der Waals surface area (Å²) < 4.78 is 36.6. The first kappa shape index (κ1) is 21.7. The minimum absolute atomic E-state index is 0. The molecule has 1 amide bonds. The van der Waals surface area contributed by atoms with Gasteiger partial charge in [0.2, 0.25) is 5.91 Å². The van der Waals surface area contributed by atoms with Crippen molar-refractivity contribution in [1.29, 1.82) is 0 Å². The SMILES string of the molecule is Cc1cc(-c2csc(NC(=O)C3(S(C)(=O)=O)CCNCC3)n2)ccc1F.Cl. The van der Waals surface area contributed by atoms with E-state index in [1.807, 2.05) is 0 Å². The van der Waals surface area contributed by atoms with Crippen LogP contribution in [0.25, 0.3) is 11.3 Å². The highest BCUT2D eigenvalue weighted by Crippen LogP contribution is 2.31. The lowest BCUT2D eigenvalue weighted by atomic mass is 9.96. The van der Waals surface area contributed by atoms with Gasteiger partial charge in [0.1, 0.15) is 5.82 Å². The molecule has 0 spiro atoms. The molecule has 1 fully saturated rings. The fourth-order valence-corrected chi connectivity index (χ4v) is 5.12. The summed E-state index contributed by atoms with van der Waals surface area (Å²) in [4.78, 5) is 17.1. The van der Waals surface area contributed by atoms with Crippen molar-refractivity contribution in [3.63, 3.8) is 0 Å². The molecule has 27 heavy (non-hydrogen) atoms. The Kier molecular flexibility index (Phi) is 6.62. The van der Waals surface area contributed by atoms with Crippen LogP contribution in [0.15, 0.2) is 23.6 Å². The van der Waals surface area contributed by atoms with Crippen molar-refractivity contribution in [3.8, 4) is 11.3 Å². The molecule has 1 aromatic heterocycles.